The van der Waals surface area contributed by atoms with Gasteiger partial charge in [-0.05, 0) is 23.8 Å². The minimum atomic E-state index is -1.32. The monoisotopic (exact) mass is 379 g/mol. The van der Waals surface area contributed by atoms with Crippen LogP contribution in [0.15, 0.2) is 53.0 Å². The van der Waals surface area contributed by atoms with E-state index < -0.39 is 30.2 Å². The van der Waals surface area contributed by atoms with Crippen molar-refractivity contribution in [3.05, 3.63) is 69.7 Å². The first-order valence-corrected chi connectivity index (χ1v) is 7.70. The van der Waals surface area contributed by atoms with Crippen LogP contribution < -0.4 is 24.0 Å². The van der Waals surface area contributed by atoms with Crippen molar-refractivity contribution in [1.29, 1.82) is 0 Å². The van der Waals surface area contributed by atoms with Crippen LogP contribution in [-0.2, 0) is 4.79 Å². The number of hydrogen-bond acceptors (Lipinski definition) is 4. The number of amides is 2. The van der Waals surface area contributed by atoms with Crippen molar-refractivity contribution in [3.8, 4) is 0 Å². The number of carbonyl (C=O) groups is 3. The molecule has 0 aliphatic carbocycles. The van der Waals surface area contributed by atoms with Crippen LogP contribution in [0.25, 0.3) is 0 Å². The summed E-state index contributed by atoms with van der Waals surface area (Å²) in [6, 6.07) is 12.5. The van der Waals surface area contributed by atoms with E-state index >= 15 is 0 Å². The smallest absolute Gasteiger partial charge is 0.550 e. The molecule has 7 heteroatoms. The van der Waals surface area contributed by atoms with Crippen LogP contribution in [-0.4, -0.2) is 22.7 Å². The van der Waals surface area contributed by atoms with E-state index in [0.29, 0.717) is 10.0 Å². The quantitative estimate of drug-likeness (QED) is 0.500. The fraction of sp³-hybridized carbons (Fsp3) is 0.118. The maximum Gasteiger partial charge on any atom is 1.00 e. The van der Waals surface area contributed by atoms with Gasteiger partial charge in [0.1, 0.15) is 0 Å². The molecule has 0 N–H and O–H groups in total. The van der Waals surface area contributed by atoms with Crippen molar-refractivity contribution >= 4 is 33.7 Å². The summed E-state index contributed by atoms with van der Waals surface area (Å²) in [5.74, 6) is -2.31. The molecule has 1 aliphatic heterocycles. The predicted molar refractivity (Wildman–Crippen MR) is 83.4 cm³/mol. The number of hydrogen-bond donors (Lipinski definition) is 0. The molecule has 0 spiro atoms. The summed E-state index contributed by atoms with van der Waals surface area (Å²) in [6.07, 6.45) is -0.448. The topological polar surface area (TPSA) is 77.5 Å². The molecule has 1 heterocycles. The standard InChI is InChI=1S/C17H12BrNO4.Li/c18-11-6-7-12-13(8-11)17(23)19(16(12)22)14(9-15(20)21)10-4-2-1-3-5-10;/h1-8,14H,9H2,(H,20,21);/q;+1/p-1. The van der Waals surface area contributed by atoms with Crippen molar-refractivity contribution < 1.29 is 38.4 Å². The Hall–Kier alpha value is -1.87. The average Bonchev–Trinajstić information content (AvgIpc) is 2.77. The molecule has 2 aromatic rings. The summed E-state index contributed by atoms with van der Waals surface area (Å²) < 4.78 is 0.676. The number of aliphatic carboxylic acids is 1. The molecular formula is C17H11BrLiNO4. The third-order valence-corrected chi connectivity index (χ3v) is 4.23. The molecule has 5 nitrogen and oxygen atoms in total. The molecule has 116 valence electrons. The third-order valence-electron chi connectivity index (χ3n) is 3.74. The van der Waals surface area contributed by atoms with Gasteiger partial charge < -0.3 is 9.90 Å². The van der Waals surface area contributed by atoms with Crippen molar-refractivity contribution in [1.82, 2.24) is 4.90 Å². The van der Waals surface area contributed by atoms with Gasteiger partial charge >= 0.3 is 18.9 Å². The first kappa shape index (κ1) is 18.5. The number of fused-ring (bicyclic) bond motifs is 1. The van der Waals surface area contributed by atoms with Gasteiger partial charge in [0.05, 0.1) is 17.2 Å². The molecule has 2 aromatic carbocycles. The van der Waals surface area contributed by atoms with E-state index in [1.165, 1.54) is 0 Å². The maximum absolute atomic E-state index is 12.6. The molecule has 24 heavy (non-hydrogen) atoms. The van der Waals surface area contributed by atoms with Crippen LogP contribution in [0, 0.1) is 0 Å². The summed E-state index contributed by atoms with van der Waals surface area (Å²) >= 11 is 3.27. The Balaban J connectivity index is 0.00000208. The Morgan fingerprint density at radius 2 is 1.67 bits per heavy atom. The second-order valence-electron chi connectivity index (χ2n) is 5.17. The van der Waals surface area contributed by atoms with Crippen LogP contribution in [0.5, 0.6) is 0 Å². The molecule has 0 saturated heterocycles. The zero-order valence-corrected chi connectivity index (χ0v) is 14.4. The number of carboxylic acid groups (broad SMARTS) is 1. The van der Waals surface area contributed by atoms with E-state index in [4.69, 9.17) is 0 Å². The van der Waals surface area contributed by atoms with E-state index in [1.807, 2.05) is 0 Å². The third kappa shape index (κ3) is 3.32. The van der Waals surface area contributed by atoms with Crippen molar-refractivity contribution in [3.63, 3.8) is 0 Å². The zero-order valence-electron chi connectivity index (χ0n) is 12.9. The van der Waals surface area contributed by atoms with Gasteiger partial charge in [0.25, 0.3) is 11.8 Å². The number of nitrogens with zero attached hydrogens (tertiary/aromatic N) is 1. The molecule has 0 aromatic heterocycles. The summed E-state index contributed by atoms with van der Waals surface area (Å²) in [4.78, 5) is 37.3. The fourth-order valence-corrected chi connectivity index (χ4v) is 3.07. The van der Waals surface area contributed by atoms with Crippen LogP contribution in [0.2, 0.25) is 0 Å². The van der Waals surface area contributed by atoms with Crippen LogP contribution in [0.3, 0.4) is 0 Å². The molecule has 1 unspecified atom stereocenters. The van der Waals surface area contributed by atoms with Gasteiger partial charge in [-0.25, -0.2) is 0 Å². The van der Waals surface area contributed by atoms with Gasteiger partial charge in [-0.1, -0.05) is 46.3 Å². The second-order valence-corrected chi connectivity index (χ2v) is 6.09. The molecule has 1 aliphatic rings. The summed E-state index contributed by atoms with van der Waals surface area (Å²) in [7, 11) is 0. The molecule has 3 rings (SSSR count). The Morgan fingerprint density at radius 1 is 1.04 bits per heavy atom. The van der Waals surface area contributed by atoms with Crippen LogP contribution in [0.1, 0.15) is 38.7 Å². The summed E-state index contributed by atoms with van der Waals surface area (Å²) in [5.41, 5.74) is 1.12. The van der Waals surface area contributed by atoms with E-state index in [0.717, 1.165) is 4.90 Å². The van der Waals surface area contributed by atoms with Gasteiger partial charge in [-0.15, -0.1) is 0 Å². The number of carboxylic acids is 1. The largest absolute Gasteiger partial charge is 1.00 e. The molecular weight excluding hydrogens is 369 g/mol. The molecule has 0 radical (unpaired) electrons. The van der Waals surface area contributed by atoms with Crippen molar-refractivity contribution in [2.75, 3.05) is 0 Å². The fourth-order valence-electron chi connectivity index (χ4n) is 2.71. The van der Waals surface area contributed by atoms with Gasteiger partial charge in [-0.2, -0.15) is 0 Å². The zero-order chi connectivity index (χ0) is 16.6. The first-order valence-electron chi connectivity index (χ1n) is 6.91. The average molecular weight is 380 g/mol. The minimum Gasteiger partial charge on any atom is -0.550 e. The number of carbonyl (C=O) groups excluding carboxylic acids is 3. The van der Waals surface area contributed by atoms with Crippen LogP contribution >= 0.6 is 15.9 Å². The summed E-state index contributed by atoms with van der Waals surface area (Å²) in [6.45, 7) is 0. The van der Waals surface area contributed by atoms with Gasteiger partial charge in [0.15, 0.2) is 0 Å². The molecule has 1 atom stereocenters. The van der Waals surface area contributed by atoms with E-state index in [2.05, 4.69) is 15.9 Å². The molecule has 0 saturated carbocycles. The maximum atomic E-state index is 12.6. The second kappa shape index (κ2) is 7.35. The normalized spacial score (nSPS) is 14.1. The Bertz CT molecular complexity index is 809. The first-order chi connectivity index (χ1) is 11.0. The number of benzene rings is 2. The Kier molecular flexibility index (Phi) is 5.65. The van der Waals surface area contributed by atoms with Crippen molar-refractivity contribution in [2.24, 2.45) is 0 Å². The SMILES string of the molecule is O=C([O-])CC(c1ccccc1)N1C(=O)c2ccc(Br)cc2C1=O.[Li+]. The number of imide groups is 1. The van der Waals surface area contributed by atoms with E-state index in [-0.39, 0.29) is 30.0 Å². The molecule has 2 amide bonds. The van der Waals surface area contributed by atoms with Gasteiger partial charge in [0, 0.05) is 16.9 Å². The Labute approximate surface area is 159 Å². The van der Waals surface area contributed by atoms with Crippen LogP contribution in [0.4, 0.5) is 0 Å². The predicted octanol–water partition coefficient (Wildman–Crippen LogP) is -1.07. The summed E-state index contributed by atoms with van der Waals surface area (Å²) in [5, 5.41) is 11.1. The van der Waals surface area contributed by atoms with Crippen molar-refractivity contribution in [2.45, 2.75) is 12.5 Å². The number of halogens is 1. The Morgan fingerprint density at radius 3 is 2.29 bits per heavy atom. The minimum absolute atomic E-state index is 0. The van der Waals surface area contributed by atoms with E-state index in [1.54, 1.807) is 48.5 Å². The van der Waals surface area contributed by atoms with E-state index in [9.17, 15) is 19.5 Å². The number of rotatable bonds is 4. The molecule has 0 fully saturated rings. The van der Waals surface area contributed by atoms with Gasteiger partial charge in [-0.3, -0.25) is 14.5 Å². The molecule has 0 bridgehead atoms. The van der Waals surface area contributed by atoms with Gasteiger partial charge in [0.2, 0.25) is 0 Å².